The van der Waals surface area contributed by atoms with Gasteiger partial charge in [0.2, 0.25) is 0 Å². The Hall–Kier alpha value is -0.193. The first-order chi connectivity index (χ1) is 7.82. The second kappa shape index (κ2) is 7.29. The van der Waals surface area contributed by atoms with Gasteiger partial charge in [-0.3, -0.25) is 0 Å². The van der Waals surface area contributed by atoms with Gasteiger partial charge in [0, 0.05) is 7.11 Å². The highest BCUT2D eigenvalue weighted by Gasteiger charge is 2.45. The molecule has 1 unspecified atom stereocenters. The van der Waals surface area contributed by atoms with Gasteiger partial charge in [-0.2, -0.15) is 0 Å². The molecule has 0 aliphatic heterocycles. The monoisotopic (exact) mass is 260 g/mol. The summed E-state index contributed by atoms with van der Waals surface area (Å²) in [5, 5.41) is 0. The van der Waals surface area contributed by atoms with Crippen LogP contribution in [0.25, 0.3) is 0 Å². The summed E-state index contributed by atoms with van der Waals surface area (Å²) in [5.41, 5.74) is 1.60. The number of methoxy groups -OCH3 is 1. The summed E-state index contributed by atoms with van der Waals surface area (Å²) in [4.78, 5) is 10.8. The first-order valence-corrected chi connectivity index (χ1v) is 8.58. The van der Waals surface area contributed by atoms with E-state index in [9.17, 15) is 4.79 Å². The lowest BCUT2D eigenvalue weighted by molar-refractivity contribution is -0.118. The van der Waals surface area contributed by atoms with Crippen LogP contribution < -0.4 is 0 Å². The predicted molar refractivity (Wildman–Crippen MR) is 73.9 cm³/mol. The Morgan fingerprint density at radius 3 is 1.65 bits per heavy atom. The van der Waals surface area contributed by atoms with E-state index in [1.54, 1.807) is 7.11 Å². The summed E-state index contributed by atoms with van der Waals surface area (Å²) in [6.45, 7) is 13.8. The Balaban J connectivity index is 4.87. The lowest BCUT2D eigenvalue weighted by atomic mass is 10.4. The number of hydrogen-bond donors (Lipinski definition) is 0. The molecule has 0 rings (SSSR count). The van der Waals surface area contributed by atoms with Crippen molar-refractivity contribution in [2.75, 3.05) is 13.7 Å². The van der Waals surface area contributed by atoms with Crippen molar-refractivity contribution in [1.29, 1.82) is 0 Å². The van der Waals surface area contributed by atoms with Gasteiger partial charge >= 0.3 is 0 Å². The molecule has 0 aromatic rings. The van der Waals surface area contributed by atoms with Crippen LogP contribution in [0.15, 0.2) is 0 Å². The molecule has 0 amide bonds. The zero-order chi connectivity index (χ0) is 13.6. The Kier molecular flexibility index (Phi) is 7.20. The topological polar surface area (TPSA) is 35.5 Å². The average Bonchev–Trinajstić information content (AvgIpc) is 2.23. The van der Waals surface area contributed by atoms with Crippen molar-refractivity contribution in [2.24, 2.45) is 0 Å². The Morgan fingerprint density at radius 2 is 1.41 bits per heavy atom. The van der Waals surface area contributed by atoms with E-state index in [0.717, 1.165) is 6.29 Å². The van der Waals surface area contributed by atoms with Gasteiger partial charge in [-0.25, -0.2) is 0 Å². The van der Waals surface area contributed by atoms with Crippen LogP contribution in [0.5, 0.6) is 0 Å². The zero-order valence-corrected chi connectivity index (χ0v) is 13.3. The highest BCUT2D eigenvalue weighted by Crippen LogP contribution is 2.42. The molecule has 0 aromatic carbocycles. The molecule has 0 aromatic heterocycles. The van der Waals surface area contributed by atoms with E-state index < -0.39 is 14.4 Å². The number of carbonyl (C=O) groups is 1. The Labute approximate surface area is 107 Å². The molecule has 0 aliphatic rings. The van der Waals surface area contributed by atoms with E-state index in [2.05, 4.69) is 41.5 Å². The molecule has 0 radical (unpaired) electrons. The number of ether oxygens (including phenoxy) is 1. The molecule has 0 saturated carbocycles. The maximum atomic E-state index is 10.8. The summed E-state index contributed by atoms with van der Waals surface area (Å²) in [5.74, 6) is 0. The molecule has 0 spiro atoms. The van der Waals surface area contributed by atoms with Crippen LogP contribution in [0.4, 0.5) is 0 Å². The number of hydrogen-bond acceptors (Lipinski definition) is 3. The van der Waals surface area contributed by atoms with Crippen molar-refractivity contribution < 1.29 is 14.0 Å². The van der Waals surface area contributed by atoms with Crippen molar-refractivity contribution in [3.8, 4) is 0 Å². The fourth-order valence-electron chi connectivity index (χ4n) is 2.89. The molecule has 4 heteroatoms. The van der Waals surface area contributed by atoms with Gasteiger partial charge < -0.3 is 14.0 Å². The van der Waals surface area contributed by atoms with Gasteiger partial charge in [0.15, 0.2) is 14.6 Å². The summed E-state index contributed by atoms with van der Waals surface area (Å²) in [6.07, 6.45) is 0.387. The fourth-order valence-corrected chi connectivity index (χ4v) is 8.34. The summed E-state index contributed by atoms with van der Waals surface area (Å²) in [6, 6.07) is 0. The second-order valence-electron chi connectivity index (χ2n) is 5.54. The number of rotatable bonds is 8. The highest BCUT2D eigenvalue weighted by molar-refractivity contribution is 6.77. The highest BCUT2D eigenvalue weighted by atomic mass is 28.4. The van der Waals surface area contributed by atoms with Crippen LogP contribution in [0, 0.1) is 0 Å². The van der Waals surface area contributed by atoms with Crippen LogP contribution in [-0.2, 0) is 14.0 Å². The average molecular weight is 260 g/mol. The molecule has 17 heavy (non-hydrogen) atoms. The fraction of sp³-hybridized carbons (Fsp3) is 0.923. The van der Waals surface area contributed by atoms with Crippen LogP contribution in [-0.4, -0.2) is 34.4 Å². The van der Waals surface area contributed by atoms with Gasteiger partial charge in [0.05, 0.1) is 6.61 Å². The standard InChI is InChI=1S/C13H28O3Si/c1-10(2)17(11(3)4,12(5)6)16-9-13(8-14)15-7/h8,10-13H,9H2,1-7H3. The van der Waals surface area contributed by atoms with Gasteiger partial charge in [-0.05, 0) is 16.6 Å². The van der Waals surface area contributed by atoms with Gasteiger partial charge in [0.25, 0.3) is 0 Å². The molecule has 0 aliphatic carbocycles. The minimum Gasteiger partial charge on any atom is -0.413 e. The van der Waals surface area contributed by atoms with E-state index in [-0.39, 0.29) is 0 Å². The van der Waals surface area contributed by atoms with E-state index in [4.69, 9.17) is 9.16 Å². The lowest BCUT2D eigenvalue weighted by Crippen LogP contribution is -2.49. The molecule has 0 saturated heterocycles. The predicted octanol–water partition coefficient (Wildman–Crippen LogP) is 3.39. The Bertz CT molecular complexity index is 205. The molecule has 102 valence electrons. The van der Waals surface area contributed by atoms with Crippen LogP contribution >= 0.6 is 0 Å². The largest absolute Gasteiger partial charge is 0.413 e. The van der Waals surface area contributed by atoms with Crippen molar-refractivity contribution in [3.05, 3.63) is 0 Å². The summed E-state index contributed by atoms with van der Waals surface area (Å²) in [7, 11) is -0.314. The summed E-state index contributed by atoms with van der Waals surface area (Å²) < 4.78 is 11.3. The molecule has 1 atom stereocenters. The van der Waals surface area contributed by atoms with Gasteiger partial charge in [0.1, 0.15) is 6.10 Å². The minimum absolute atomic E-state index is 0.390. The molecule has 0 fully saturated rings. The Morgan fingerprint density at radius 1 is 1.00 bits per heavy atom. The van der Waals surface area contributed by atoms with Gasteiger partial charge in [-0.1, -0.05) is 41.5 Å². The van der Waals surface area contributed by atoms with E-state index in [1.165, 1.54) is 0 Å². The summed E-state index contributed by atoms with van der Waals surface area (Å²) >= 11 is 0. The second-order valence-corrected chi connectivity index (χ2v) is 11.0. The first-order valence-electron chi connectivity index (χ1n) is 6.44. The van der Waals surface area contributed by atoms with E-state index in [0.29, 0.717) is 23.2 Å². The lowest BCUT2D eigenvalue weighted by Gasteiger charge is -2.42. The maximum absolute atomic E-state index is 10.8. The van der Waals surface area contributed by atoms with Crippen LogP contribution in [0.1, 0.15) is 41.5 Å². The molecule has 0 bridgehead atoms. The third kappa shape index (κ3) is 3.90. The third-order valence-electron chi connectivity index (χ3n) is 3.66. The normalized spacial score (nSPS) is 14.7. The van der Waals surface area contributed by atoms with E-state index >= 15 is 0 Å². The molecule has 3 nitrogen and oxygen atoms in total. The van der Waals surface area contributed by atoms with E-state index in [1.807, 2.05) is 0 Å². The minimum atomic E-state index is -1.86. The van der Waals surface area contributed by atoms with Crippen LogP contribution in [0.3, 0.4) is 0 Å². The molecular formula is C13H28O3Si. The SMILES string of the molecule is COC(C=O)CO[Si](C(C)C)(C(C)C)C(C)C. The van der Waals surface area contributed by atoms with Crippen molar-refractivity contribution in [1.82, 2.24) is 0 Å². The van der Waals surface area contributed by atoms with Crippen molar-refractivity contribution in [2.45, 2.75) is 64.3 Å². The van der Waals surface area contributed by atoms with Gasteiger partial charge in [-0.15, -0.1) is 0 Å². The molecule has 0 heterocycles. The zero-order valence-electron chi connectivity index (χ0n) is 12.3. The van der Waals surface area contributed by atoms with Crippen molar-refractivity contribution in [3.63, 3.8) is 0 Å². The number of carbonyl (C=O) groups excluding carboxylic acids is 1. The molecule has 0 N–H and O–H groups in total. The quantitative estimate of drug-likeness (QED) is 0.496. The smallest absolute Gasteiger partial charge is 0.200 e. The first kappa shape index (κ1) is 16.8. The third-order valence-corrected chi connectivity index (χ3v) is 9.74. The number of aldehydes is 1. The van der Waals surface area contributed by atoms with Crippen molar-refractivity contribution >= 4 is 14.6 Å². The maximum Gasteiger partial charge on any atom is 0.200 e. The molecular weight excluding hydrogens is 232 g/mol. The van der Waals surface area contributed by atoms with Crippen LogP contribution in [0.2, 0.25) is 16.6 Å².